The van der Waals surface area contributed by atoms with Crippen LogP contribution in [0.5, 0.6) is 0 Å². The van der Waals surface area contributed by atoms with E-state index in [1.54, 1.807) is 31.2 Å². The lowest BCUT2D eigenvalue weighted by Gasteiger charge is -2.10. The van der Waals surface area contributed by atoms with Crippen LogP contribution in [0.15, 0.2) is 60.7 Å². The smallest absolute Gasteiger partial charge is 0.232 e. The number of aryl methyl sites for hydroxylation is 1. The van der Waals surface area contributed by atoms with Gasteiger partial charge in [-0.1, -0.05) is 30.3 Å². The molecule has 2 aromatic carbocycles. The molecule has 1 heterocycles. The van der Waals surface area contributed by atoms with E-state index in [1.165, 1.54) is 0 Å². The van der Waals surface area contributed by atoms with Gasteiger partial charge >= 0.3 is 0 Å². The molecule has 1 aromatic heterocycles. The number of anilines is 3. The number of nitrogens with one attached hydrogen (secondary N) is 2. The summed E-state index contributed by atoms with van der Waals surface area (Å²) in [6, 6.07) is 18.7. The molecule has 3 rings (SSSR count). The Balaban J connectivity index is 1.80. The quantitative estimate of drug-likeness (QED) is 0.688. The molecule has 0 fully saturated rings. The minimum Gasteiger partial charge on any atom is -0.340 e. The first kappa shape index (κ1) is 17.9. The van der Waals surface area contributed by atoms with Crippen LogP contribution in [0, 0.1) is 6.92 Å². The van der Waals surface area contributed by atoms with Crippen LogP contribution in [0.3, 0.4) is 0 Å². The van der Waals surface area contributed by atoms with Crippen molar-refractivity contribution in [1.82, 2.24) is 9.97 Å². The molecule has 7 heteroatoms. The van der Waals surface area contributed by atoms with Gasteiger partial charge in [-0.3, -0.25) is 4.72 Å². The van der Waals surface area contributed by atoms with Crippen molar-refractivity contribution in [2.45, 2.75) is 13.8 Å². The van der Waals surface area contributed by atoms with Gasteiger partial charge < -0.3 is 5.32 Å². The van der Waals surface area contributed by atoms with Gasteiger partial charge in [0.1, 0.15) is 5.82 Å². The predicted molar refractivity (Wildman–Crippen MR) is 105 cm³/mol. The van der Waals surface area contributed by atoms with E-state index >= 15 is 0 Å². The van der Waals surface area contributed by atoms with Gasteiger partial charge in [-0.2, -0.15) is 0 Å². The zero-order chi connectivity index (χ0) is 18.6. The predicted octanol–water partition coefficient (Wildman–Crippen LogP) is 3.96. The van der Waals surface area contributed by atoms with Crippen LogP contribution in [0.25, 0.3) is 11.4 Å². The molecule has 0 aliphatic carbocycles. The molecule has 0 saturated carbocycles. The van der Waals surface area contributed by atoms with Gasteiger partial charge in [0, 0.05) is 28.7 Å². The van der Waals surface area contributed by atoms with E-state index in [1.807, 2.05) is 43.3 Å². The molecule has 2 N–H and O–H groups in total. The molecular weight excluding hydrogens is 348 g/mol. The van der Waals surface area contributed by atoms with Crippen LogP contribution in [-0.4, -0.2) is 24.1 Å². The minimum absolute atomic E-state index is 0.0372. The Morgan fingerprint density at radius 2 is 1.58 bits per heavy atom. The van der Waals surface area contributed by atoms with Gasteiger partial charge in [0.2, 0.25) is 10.0 Å². The number of benzene rings is 2. The lowest BCUT2D eigenvalue weighted by atomic mass is 10.2. The summed E-state index contributed by atoms with van der Waals surface area (Å²) < 4.78 is 25.7. The van der Waals surface area contributed by atoms with Crippen LogP contribution in [0.1, 0.15) is 12.6 Å². The molecule has 0 aliphatic rings. The average molecular weight is 368 g/mol. The van der Waals surface area contributed by atoms with Crippen molar-refractivity contribution < 1.29 is 8.42 Å². The molecule has 0 saturated heterocycles. The summed E-state index contributed by atoms with van der Waals surface area (Å²) in [4.78, 5) is 9.04. The molecule has 3 aromatic rings. The molecule has 0 bridgehead atoms. The van der Waals surface area contributed by atoms with E-state index in [9.17, 15) is 8.42 Å². The summed E-state index contributed by atoms with van der Waals surface area (Å²) in [5.74, 6) is 1.37. The lowest BCUT2D eigenvalue weighted by molar-refractivity contribution is 0.602. The molecule has 0 atom stereocenters. The zero-order valence-electron chi connectivity index (χ0n) is 14.6. The summed E-state index contributed by atoms with van der Waals surface area (Å²) in [5, 5.41) is 3.23. The molecule has 26 heavy (non-hydrogen) atoms. The largest absolute Gasteiger partial charge is 0.340 e. The van der Waals surface area contributed by atoms with E-state index < -0.39 is 10.0 Å². The second-order valence-corrected chi connectivity index (χ2v) is 7.80. The third kappa shape index (κ3) is 4.58. The van der Waals surface area contributed by atoms with Crippen molar-refractivity contribution in [2.75, 3.05) is 15.8 Å². The van der Waals surface area contributed by atoms with Gasteiger partial charge in [-0.05, 0) is 38.1 Å². The normalized spacial score (nSPS) is 11.2. The number of hydrogen-bond donors (Lipinski definition) is 2. The highest BCUT2D eigenvalue weighted by Gasteiger charge is 2.07. The van der Waals surface area contributed by atoms with Crippen LogP contribution in [0.2, 0.25) is 0 Å². The molecule has 0 radical (unpaired) electrons. The highest BCUT2D eigenvalue weighted by atomic mass is 32.2. The molecule has 0 spiro atoms. The van der Waals surface area contributed by atoms with Gasteiger partial charge in [-0.25, -0.2) is 18.4 Å². The van der Waals surface area contributed by atoms with Crippen molar-refractivity contribution in [2.24, 2.45) is 0 Å². The van der Waals surface area contributed by atoms with E-state index in [2.05, 4.69) is 20.0 Å². The van der Waals surface area contributed by atoms with E-state index in [-0.39, 0.29) is 5.75 Å². The zero-order valence-corrected chi connectivity index (χ0v) is 15.4. The maximum Gasteiger partial charge on any atom is 0.232 e. The number of aromatic nitrogens is 2. The maximum absolute atomic E-state index is 11.6. The summed E-state index contributed by atoms with van der Waals surface area (Å²) in [7, 11) is -3.28. The van der Waals surface area contributed by atoms with Crippen molar-refractivity contribution in [3.05, 3.63) is 66.4 Å². The van der Waals surface area contributed by atoms with Crippen LogP contribution in [0.4, 0.5) is 17.2 Å². The monoisotopic (exact) mass is 368 g/mol. The van der Waals surface area contributed by atoms with Gasteiger partial charge in [0.25, 0.3) is 0 Å². The van der Waals surface area contributed by atoms with E-state index in [0.717, 1.165) is 16.9 Å². The van der Waals surface area contributed by atoms with E-state index in [0.29, 0.717) is 17.3 Å². The Morgan fingerprint density at radius 3 is 2.23 bits per heavy atom. The van der Waals surface area contributed by atoms with Crippen molar-refractivity contribution in [3.63, 3.8) is 0 Å². The number of rotatable bonds is 6. The van der Waals surface area contributed by atoms with Crippen LogP contribution < -0.4 is 10.0 Å². The summed E-state index contributed by atoms with van der Waals surface area (Å²) >= 11 is 0. The third-order valence-electron chi connectivity index (χ3n) is 3.70. The fourth-order valence-corrected chi connectivity index (χ4v) is 3.01. The van der Waals surface area contributed by atoms with Gasteiger partial charge in [-0.15, -0.1) is 0 Å². The second kappa shape index (κ2) is 7.53. The van der Waals surface area contributed by atoms with Gasteiger partial charge in [0.15, 0.2) is 5.82 Å². The van der Waals surface area contributed by atoms with Crippen LogP contribution in [-0.2, 0) is 10.0 Å². The summed E-state index contributed by atoms with van der Waals surface area (Å²) in [6.07, 6.45) is 0. The molecule has 6 nitrogen and oxygen atoms in total. The fraction of sp³-hybridized carbons (Fsp3) is 0.158. The minimum atomic E-state index is -3.28. The van der Waals surface area contributed by atoms with Crippen LogP contribution >= 0.6 is 0 Å². The first-order valence-electron chi connectivity index (χ1n) is 8.24. The Labute approximate surface area is 153 Å². The lowest BCUT2D eigenvalue weighted by Crippen LogP contribution is -2.14. The molecule has 0 unspecified atom stereocenters. The number of sulfonamides is 1. The Bertz CT molecular complexity index is 988. The van der Waals surface area contributed by atoms with Crippen molar-refractivity contribution in [1.29, 1.82) is 0 Å². The van der Waals surface area contributed by atoms with Gasteiger partial charge in [0.05, 0.1) is 5.75 Å². The molecule has 134 valence electrons. The maximum atomic E-state index is 11.6. The second-order valence-electron chi connectivity index (χ2n) is 5.79. The first-order valence-corrected chi connectivity index (χ1v) is 9.89. The molecule has 0 amide bonds. The Hall–Kier alpha value is -2.93. The summed E-state index contributed by atoms with van der Waals surface area (Å²) in [6.45, 7) is 3.52. The molecule has 0 aliphatic heterocycles. The number of hydrogen-bond acceptors (Lipinski definition) is 5. The number of nitrogens with zero attached hydrogens (tertiary/aromatic N) is 2. The standard InChI is InChI=1S/C19H20N4O2S/c1-3-26(24,25)23-17-11-9-16(10-12-17)21-18-13-14(2)20-19(22-18)15-7-5-4-6-8-15/h4-13,23H,3H2,1-2H3,(H,20,21,22). The van der Waals surface area contributed by atoms with E-state index in [4.69, 9.17) is 0 Å². The highest BCUT2D eigenvalue weighted by Crippen LogP contribution is 2.22. The first-order chi connectivity index (χ1) is 12.4. The Morgan fingerprint density at radius 1 is 0.923 bits per heavy atom. The fourth-order valence-electron chi connectivity index (χ4n) is 2.37. The topological polar surface area (TPSA) is 84.0 Å². The van der Waals surface area contributed by atoms with Crippen molar-refractivity contribution in [3.8, 4) is 11.4 Å². The Kier molecular flexibility index (Phi) is 5.18. The average Bonchev–Trinajstić information content (AvgIpc) is 2.63. The highest BCUT2D eigenvalue weighted by molar-refractivity contribution is 7.92. The molecular formula is C19H20N4O2S. The third-order valence-corrected chi connectivity index (χ3v) is 5.00. The summed E-state index contributed by atoms with van der Waals surface area (Å²) in [5.41, 5.74) is 3.14. The SMILES string of the molecule is CCS(=O)(=O)Nc1ccc(Nc2cc(C)nc(-c3ccccc3)n2)cc1. The van der Waals surface area contributed by atoms with Crippen molar-refractivity contribution >= 4 is 27.2 Å².